The molecule has 1 aromatic heterocycles. The fraction of sp³-hybridized carbons (Fsp3) is 0.240. The van der Waals surface area contributed by atoms with Crippen LogP contribution < -0.4 is 31.3 Å². The van der Waals surface area contributed by atoms with Crippen molar-refractivity contribution in [3.05, 3.63) is 60.3 Å². The third kappa shape index (κ3) is 7.35. The van der Waals surface area contributed by atoms with Gasteiger partial charge in [-0.25, -0.2) is 17.7 Å². The minimum Gasteiger partial charge on any atom is -0.494 e. The van der Waals surface area contributed by atoms with Gasteiger partial charge in [0.25, 0.3) is 0 Å². The van der Waals surface area contributed by atoms with Crippen LogP contribution in [0.5, 0.6) is 5.75 Å². The second-order valence-electron chi connectivity index (χ2n) is 8.25. The lowest BCUT2D eigenvalue weighted by atomic mass is 10.2. The highest BCUT2D eigenvalue weighted by Gasteiger charge is 2.22. The first kappa shape index (κ1) is 29.6. The van der Waals surface area contributed by atoms with Crippen molar-refractivity contribution in [2.24, 2.45) is 0 Å². The average Bonchev–Trinajstić information content (AvgIpc) is 2.91. The van der Waals surface area contributed by atoms with Gasteiger partial charge in [0.05, 0.1) is 36.1 Å². The second-order valence-corrected chi connectivity index (χ2v) is 10.8. The van der Waals surface area contributed by atoms with Crippen LogP contribution in [0.25, 0.3) is 0 Å². The molecule has 2 aromatic carbocycles. The minimum atomic E-state index is -3.74. The summed E-state index contributed by atoms with van der Waals surface area (Å²) in [6, 6.07) is 9.82. The summed E-state index contributed by atoms with van der Waals surface area (Å²) >= 11 is 6.35. The van der Waals surface area contributed by atoms with Crippen molar-refractivity contribution < 1.29 is 17.9 Å². The van der Waals surface area contributed by atoms with E-state index in [2.05, 4.69) is 43.1 Å². The van der Waals surface area contributed by atoms with Crippen molar-refractivity contribution in [3.63, 3.8) is 0 Å². The molecule has 1 amide bonds. The molecule has 0 radical (unpaired) electrons. The van der Waals surface area contributed by atoms with Gasteiger partial charge in [-0.15, -0.1) is 0 Å². The number of sulfonamides is 1. The third-order valence-corrected chi connectivity index (χ3v) is 7.51. The number of para-hydroxylation sites is 1. The molecule has 0 saturated carbocycles. The van der Waals surface area contributed by atoms with E-state index in [-0.39, 0.29) is 27.6 Å². The molecule has 0 aliphatic heterocycles. The Labute approximate surface area is 232 Å². The van der Waals surface area contributed by atoms with E-state index in [0.717, 1.165) is 4.31 Å². The van der Waals surface area contributed by atoms with Crippen LogP contribution in [0.1, 0.15) is 0 Å². The van der Waals surface area contributed by atoms with Crippen LogP contribution >= 0.6 is 11.6 Å². The molecule has 14 heteroatoms. The van der Waals surface area contributed by atoms with Crippen molar-refractivity contribution in [3.8, 4) is 5.75 Å². The lowest BCUT2D eigenvalue weighted by Crippen LogP contribution is -2.23. The Morgan fingerprint density at radius 2 is 1.85 bits per heavy atom. The maximum absolute atomic E-state index is 12.8. The number of aromatic nitrogens is 2. The van der Waals surface area contributed by atoms with Crippen LogP contribution in [0.3, 0.4) is 0 Å². The van der Waals surface area contributed by atoms with Gasteiger partial charge in [0.15, 0.2) is 5.82 Å². The van der Waals surface area contributed by atoms with Gasteiger partial charge in [-0.05, 0) is 31.3 Å². The van der Waals surface area contributed by atoms with Gasteiger partial charge in [-0.2, -0.15) is 4.98 Å². The lowest BCUT2D eigenvalue weighted by Gasteiger charge is -2.18. The molecule has 0 spiro atoms. The highest BCUT2D eigenvalue weighted by Crippen LogP contribution is 2.37. The molecular formula is C25H31ClN8O4S. The van der Waals surface area contributed by atoms with E-state index in [1.807, 2.05) is 7.05 Å². The fourth-order valence-corrected chi connectivity index (χ4v) is 4.54. The molecule has 208 valence electrons. The lowest BCUT2D eigenvalue weighted by molar-refractivity contribution is -0.111. The number of amides is 1. The van der Waals surface area contributed by atoms with E-state index in [1.165, 1.54) is 39.5 Å². The van der Waals surface area contributed by atoms with Crippen LogP contribution in [-0.4, -0.2) is 69.9 Å². The molecule has 0 unspecified atom stereocenters. The first-order valence-corrected chi connectivity index (χ1v) is 13.5. The first-order valence-electron chi connectivity index (χ1n) is 11.7. The van der Waals surface area contributed by atoms with Crippen LogP contribution in [0, 0.1) is 0 Å². The van der Waals surface area contributed by atoms with E-state index < -0.39 is 10.0 Å². The number of likely N-dealkylation sites (N-methyl/N-ethyl adjacent to an activating group) is 1. The molecular weight excluding hydrogens is 544 g/mol. The summed E-state index contributed by atoms with van der Waals surface area (Å²) in [5.74, 6) is 0.391. The normalized spacial score (nSPS) is 11.1. The predicted octanol–water partition coefficient (Wildman–Crippen LogP) is 3.63. The topological polar surface area (TPSA) is 150 Å². The zero-order valence-electron chi connectivity index (χ0n) is 22.0. The summed E-state index contributed by atoms with van der Waals surface area (Å²) < 4.78 is 32.3. The number of anilines is 6. The Hall–Kier alpha value is -3.91. The van der Waals surface area contributed by atoms with Gasteiger partial charge in [0.1, 0.15) is 15.7 Å². The molecule has 3 rings (SSSR count). The number of nitrogens with zero attached hydrogens (tertiary/aromatic N) is 3. The van der Waals surface area contributed by atoms with Crippen LogP contribution in [0.15, 0.2) is 60.1 Å². The van der Waals surface area contributed by atoms with Gasteiger partial charge in [-0.3, -0.25) is 4.79 Å². The van der Waals surface area contributed by atoms with Gasteiger partial charge in [0.2, 0.25) is 21.9 Å². The smallest absolute Gasteiger partial charge is 0.247 e. The average molecular weight is 575 g/mol. The largest absolute Gasteiger partial charge is 0.494 e. The predicted molar refractivity (Wildman–Crippen MR) is 155 cm³/mol. The standard InChI is InChI=1S/C25H31ClN8O4S/c1-6-23(35)30-19-13-20(21(38-5)14-18(19)28-12-11-27-2)32-25-29-15-16(26)24(33-25)31-17-9-7-8-10-22(17)39(36,37)34(3)4/h6-10,13-15,27-28H,1,11-12H2,2-5H3,(H,30,35)(H2,29,31,32,33). The molecule has 0 aliphatic rings. The first-order chi connectivity index (χ1) is 18.6. The number of benzene rings is 2. The van der Waals surface area contributed by atoms with E-state index in [4.69, 9.17) is 16.3 Å². The summed E-state index contributed by atoms with van der Waals surface area (Å²) in [4.78, 5) is 20.8. The quantitative estimate of drug-likeness (QED) is 0.151. The van der Waals surface area contributed by atoms with E-state index >= 15 is 0 Å². The zero-order valence-corrected chi connectivity index (χ0v) is 23.6. The Balaban J connectivity index is 1.97. The molecule has 0 bridgehead atoms. The van der Waals surface area contributed by atoms with E-state index in [1.54, 1.807) is 30.3 Å². The summed E-state index contributed by atoms with van der Waals surface area (Å²) in [5.41, 5.74) is 1.87. The zero-order chi connectivity index (χ0) is 28.6. The van der Waals surface area contributed by atoms with Crippen LogP contribution in [0.2, 0.25) is 5.02 Å². The van der Waals surface area contributed by atoms with Crippen molar-refractivity contribution in [1.29, 1.82) is 0 Å². The summed E-state index contributed by atoms with van der Waals surface area (Å²) in [6.45, 7) is 4.81. The third-order valence-electron chi connectivity index (χ3n) is 5.36. The van der Waals surface area contributed by atoms with Crippen LogP contribution in [0.4, 0.5) is 34.5 Å². The van der Waals surface area contributed by atoms with Gasteiger partial charge in [-0.1, -0.05) is 30.3 Å². The minimum absolute atomic E-state index is 0.0600. The number of methoxy groups -OCH3 is 1. The monoisotopic (exact) mass is 574 g/mol. The molecule has 5 N–H and O–H groups in total. The molecule has 12 nitrogen and oxygen atoms in total. The number of carbonyl (C=O) groups excluding carboxylic acids is 1. The molecule has 1 heterocycles. The van der Waals surface area contributed by atoms with Crippen molar-refractivity contribution >= 4 is 62.0 Å². The summed E-state index contributed by atoms with van der Waals surface area (Å²) in [7, 11) is 2.51. The molecule has 0 aliphatic carbocycles. The number of rotatable bonds is 13. The van der Waals surface area contributed by atoms with Gasteiger partial charge < -0.3 is 31.3 Å². The highest BCUT2D eigenvalue weighted by molar-refractivity contribution is 7.89. The van der Waals surface area contributed by atoms with Gasteiger partial charge >= 0.3 is 0 Å². The van der Waals surface area contributed by atoms with Crippen LogP contribution in [-0.2, 0) is 14.8 Å². The maximum atomic E-state index is 12.8. The van der Waals surface area contributed by atoms with Crippen molar-refractivity contribution in [2.45, 2.75) is 4.90 Å². The Morgan fingerprint density at radius 1 is 1.10 bits per heavy atom. The summed E-state index contributed by atoms with van der Waals surface area (Å²) in [6.07, 6.45) is 2.55. The Kier molecular flexibility index (Phi) is 10.1. The number of hydrogen-bond acceptors (Lipinski definition) is 10. The Morgan fingerprint density at radius 3 is 2.51 bits per heavy atom. The number of halogens is 1. The molecule has 0 saturated heterocycles. The van der Waals surface area contributed by atoms with Crippen molar-refractivity contribution in [2.75, 3.05) is 62.6 Å². The molecule has 39 heavy (non-hydrogen) atoms. The Bertz CT molecular complexity index is 1450. The van der Waals surface area contributed by atoms with Gasteiger partial charge in [0, 0.05) is 33.3 Å². The number of hydrogen-bond donors (Lipinski definition) is 5. The summed E-state index contributed by atoms with van der Waals surface area (Å²) in [5, 5.41) is 15.3. The fourth-order valence-electron chi connectivity index (χ4n) is 3.36. The molecule has 0 atom stereocenters. The molecule has 0 fully saturated rings. The number of nitrogens with one attached hydrogen (secondary N) is 5. The second kappa shape index (κ2) is 13.2. The van der Waals surface area contributed by atoms with E-state index in [0.29, 0.717) is 41.6 Å². The highest BCUT2D eigenvalue weighted by atomic mass is 35.5. The molecule has 3 aromatic rings. The van der Waals surface area contributed by atoms with E-state index in [9.17, 15) is 13.2 Å². The maximum Gasteiger partial charge on any atom is 0.247 e. The SMILES string of the molecule is C=CC(=O)Nc1cc(Nc2ncc(Cl)c(Nc3ccccc3S(=O)(=O)N(C)C)n2)c(OC)cc1NCCNC. The number of ether oxygens (including phenoxy) is 1. The number of carbonyl (C=O) groups is 1. The van der Waals surface area contributed by atoms with Crippen molar-refractivity contribution in [1.82, 2.24) is 19.6 Å².